The molecule has 1 aliphatic heterocycles. The fourth-order valence-corrected chi connectivity index (χ4v) is 1.87. The molecule has 1 unspecified atom stereocenters. The molecule has 2 heterocycles. The summed E-state index contributed by atoms with van der Waals surface area (Å²) in [6.45, 7) is 3.05. The lowest BCUT2D eigenvalue weighted by molar-refractivity contribution is -0.124. The highest BCUT2D eigenvalue weighted by atomic mass is 16.5. The number of carbonyl (C=O) groups is 1. The number of carbonyl (C=O) groups excluding carboxylic acids is 1. The Morgan fingerprint density at radius 1 is 1.35 bits per heavy atom. The summed E-state index contributed by atoms with van der Waals surface area (Å²) < 4.78 is 15.3. The largest absolute Gasteiger partial charge is 0.382 e. The van der Waals surface area contributed by atoms with Crippen LogP contribution in [0.1, 0.15) is 11.7 Å². The molecule has 2 N–H and O–H groups in total. The first-order valence-corrected chi connectivity index (χ1v) is 6.69. The summed E-state index contributed by atoms with van der Waals surface area (Å²) in [4.78, 5) is 15.8. The molecule has 1 aromatic rings. The first-order chi connectivity index (χ1) is 9.79. The summed E-state index contributed by atoms with van der Waals surface area (Å²) >= 11 is 0. The number of amides is 1. The summed E-state index contributed by atoms with van der Waals surface area (Å²) in [7, 11) is 1.63. The summed E-state index contributed by atoms with van der Waals surface area (Å²) in [5.74, 6) is 1.03. The van der Waals surface area contributed by atoms with Crippen LogP contribution in [0.2, 0.25) is 0 Å². The first-order valence-electron chi connectivity index (χ1n) is 6.69. The maximum absolute atomic E-state index is 11.6. The van der Waals surface area contributed by atoms with Crippen molar-refractivity contribution in [2.24, 2.45) is 0 Å². The molecular weight excluding hydrogens is 264 g/mol. The van der Waals surface area contributed by atoms with E-state index in [4.69, 9.17) is 14.0 Å². The molecule has 1 atom stereocenters. The number of hydrogen-bond donors (Lipinski definition) is 2. The predicted molar refractivity (Wildman–Crippen MR) is 69.2 cm³/mol. The van der Waals surface area contributed by atoms with Gasteiger partial charge in [-0.25, -0.2) is 0 Å². The second kappa shape index (κ2) is 7.93. The molecular formula is C12H20N4O4. The van der Waals surface area contributed by atoms with Crippen LogP contribution in [0.5, 0.6) is 0 Å². The van der Waals surface area contributed by atoms with Crippen LogP contribution in [0.25, 0.3) is 0 Å². The van der Waals surface area contributed by atoms with Gasteiger partial charge in [-0.15, -0.1) is 0 Å². The minimum Gasteiger partial charge on any atom is -0.382 e. The molecule has 0 radical (unpaired) electrons. The second-order valence-electron chi connectivity index (χ2n) is 4.46. The summed E-state index contributed by atoms with van der Waals surface area (Å²) in [5, 5.41) is 9.77. The molecule has 0 saturated carbocycles. The van der Waals surface area contributed by atoms with Crippen molar-refractivity contribution < 1.29 is 18.8 Å². The Labute approximate surface area is 117 Å². The predicted octanol–water partition coefficient (Wildman–Crippen LogP) is -1.09. The van der Waals surface area contributed by atoms with E-state index in [2.05, 4.69) is 20.8 Å². The van der Waals surface area contributed by atoms with E-state index in [1.165, 1.54) is 0 Å². The molecule has 1 aliphatic rings. The van der Waals surface area contributed by atoms with Gasteiger partial charge in [0.25, 0.3) is 0 Å². The van der Waals surface area contributed by atoms with Crippen molar-refractivity contribution in [3.05, 3.63) is 11.7 Å². The first kappa shape index (κ1) is 14.9. The average Bonchev–Trinajstić information content (AvgIpc) is 2.89. The van der Waals surface area contributed by atoms with E-state index in [0.29, 0.717) is 50.9 Å². The van der Waals surface area contributed by atoms with Gasteiger partial charge < -0.3 is 24.6 Å². The molecule has 2 rings (SSSR count). The van der Waals surface area contributed by atoms with Gasteiger partial charge in [0.1, 0.15) is 0 Å². The average molecular weight is 284 g/mol. The number of nitrogens with zero attached hydrogens (tertiary/aromatic N) is 2. The number of piperazine rings is 1. The number of nitrogens with one attached hydrogen (secondary N) is 2. The Balaban J connectivity index is 1.72. The Hall–Kier alpha value is -1.51. The van der Waals surface area contributed by atoms with Crippen LogP contribution in [-0.4, -0.2) is 62.1 Å². The fraction of sp³-hybridized carbons (Fsp3) is 0.750. The minimum absolute atomic E-state index is 0.0288. The fourth-order valence-electron chi connectivity index (χ4n) is 1.87. The molecule has 1 fully saturated rings. The third-order valence-electron chi connectivity index (χ3n) is 2.92. The zero-order valence-electron chi connectivity index (χ0n) is 11.6. The van der Waals surface area contributed by atoms with Crippen molar-refractivity contribution in [1.29, 1.82) is 0 Å². The molecule has 0 aliphatic carbocycles. The molecule has 20 heavy (non-hydrogen) atoms. The smallest absolute Gasteiger partial charge is 0.237 e. The lowest BCUT2D eigenvalue weighted by Gasteiger charge is -2.21. The standard InChI is InChI=1S/C12H20N4O4/c1-18-6-7-19-5-2-10-15-11(20-16-10)8-9-12(17)14-4-3-13-9/h9,13H,2-8H2,1H3,(H,14,17). The molecule has 112 valence electrons. The molecule has 1 aromatic heterocycles. The molecule has 1 saturated heterocycles. The van der Waals surface area contributed by atoms with E-state index in [-0.39, 0.29) is 11.9 Å². The highest BCUT2D eigenvalue weighted by Gasteiger charge is 2.24. The third-order valence-corrected chi connectivity index (χ3v) is 2.92. The Bertz CT molecular complexity index is 423. The Morgan fingerprint density at radius 2 is 2.25 bits per heavy atom. The van der Waals surface area contributed by atoms with Gasteiger partial charge in [0.15, 0.2) is 5.82 Å². The van der Waals surface area contributed by atoms with Crippen LogP contribution in [0.15, 0.2) is 4.52 Å². The van der Waals surface area contributed by atoms with Crippen LogP contribution >= 0.6 is 0 Å². The second-order valence-corrected chi connectivity index (χ2v) is 4.46. The molecule has 1 amide bonds. The highest BCUT2D eigenvalue weighted by molar-refractivity contribution is 5.82. The SMILES string of the molecule is COCCOCCc1noc(CC2NCCNC2=O)n1. The van der Waals surface area contributed by atoms with E-state index in [0.717, 1.165) is 6.54 Å². The van der Waals surface area contributed by atoms with Gasteiger partial charge >= 0.3 is 0 Å². The highest BCUT2D eigenvalue weighted by Crippen LogP contribution is 2.04. The molecule has 8 heteroatoms. The van der Waals surface area contributed by atoms with Crippen LogP contribution in [0.4, 0.5) is 0 Å². The van der Waals surface area contributed by atoms with Gasteiger partial charge in [0.2, 0.25) is 11.8 Å². The van der Waals surface area contributed by atoms with Crippen molar-refractivity contribution in [2.45, 2.75) is 18.9 Å². The van der Waals surface area contributed by atoms with E-state index >= 15 is 0 Å². The maximum Gasteiger partial charge on any atom is 0.237 e. The normalized spacial score (nSPS) is 19.1. The molecule has 8 nitrogen and oxygen atoms in total. The molecule has 0 bridgehead atoms. The van der Waals surface area contributed by atoms with E-state index in [9.17, 15) is 4.79 Å². The van der Waals surface area contributed by atoms with E-state index in [1.54, 1.807) is 7.11 Å². The monoisotopic (exact) mass is 284 g/mol. The number of hydrogen-bond acceptors (Lipinski definition) is 7. The Kier molecular flexibility index (Phi) is 5.90. The summed E-state index contributed by atoms with van der Waals surface area (Å²) in [6.07, 6.45) is 0.987. The van der Waals surface area contributed by atoms with Gasteiger partial charge in [-0.3, -0.25) is 4.79 Å². The van der Waals surface area contributed by atoms with Crippen LogP contribution < -0.4 is 10.6 Å². The zero-order valence-corrected chi connectivity index (χ0v) is 11.6. The lowest BCUT2D eigenvalue weighted by atomic mass is 10.1. The van der Waals surface area contributed by atoms with E-state index < -0.39 is 0 Å². The van der Waals surface area contributed by atoms with Crippen molar-refractivity contribution in [3.8, 4) is 0 Å². The van der Waals surface area contributed by atoms with Gasteiger partial charge in [0, 0.05) is 26.6 Å². The van der Waals surface area contributed by atoms with Gasteiger partial charge in [0.05, 0.1) is 32.3 Å². The van der Waals surface area contributed by atoms with Crippen molar-refractivity contribution in [3.63, 3.8) is 0 Å². The molecule has 0 spiro atoms. The Morgan fingerprint density at radius 3 is 3.05 bits per heavy atom. The lowest BCUT2D eigenvalue weighted by Crippen LogP contribution is -2.53. The van der Waals surface area contributed by atoms with E-state index in [1.807, 2.05) is 0 Å². The number of aromatic nitrogens is 2. The van der Waals surface area contributed by atoms with Crippen LogP contribution in [0, 0.1) is 0 Å². The number of methoxy groups -OCH3 is 1. The van der Waals surface area contributed by atoms with Gasteiger partial charge in [-0.2, -0.15) is 4.98 Å². The van der Waals surface area contributed by atoms with Crippen molar-refractivity contribution in [1.82, 2.24) is 20.8 Å². The molecule has 0 aromatic carbocycles. The van der Waals surface area contributed by atoms with Gasteiger partial charge in [-0.05, 0) is 0 Å². The van der Waals surface area contributed by atoms with Crippen molar-refractivity contribution in [2.75, 3.05) is 40.0 Å². The summed E-state index contributed by atoms with van der Waals surface area (Å²) in [5.41, 5.74) is 0. The maximum atomic E-state index is 11.6. The number of ether oxygens (including phenoxy) is 2. The quantitative estimate of drug-likeness (QED) is 0.585. The number of rotatable bonds is 8. The topological polar surface area (TPSA) is 98.5 Å². The minimum atomic E-state index is -0.296. The van der Waals surface area contributed by atoms with Crippen LogP contribution in [0.3, 0.4) is 0 Å². The van der Waals surface area contributed by atoms with Crippen LogP contribution in [-0.2, 0) is 27.1 Å². The van der Waals surface area contributed by atoms with Crippen molar-refractivity contribution >= 4 is 5.91 Å². The zero-order chi connectivity index (χ0) is 14.2. The summed E-state index contributed by atoms with van der Waals surface area (Å²) in [6, 6.07) is -0.296. The van der Waals surface area contributed by atoms with Gasteiger partial charge in [-0.1, -0.05) is 5.16 Å². The third kappa shape index (κ3) is 4.55.